The van der Waals surface area contributed by atoms with Gasteiger partial charge in [-0.25, -0.2) is 22.7 Å². The summed E-state index contributed by atoms with van der Waals surface area (Å²) in [4.78, 5) is 43.9. The summed E-state index contributed by atoms with van der Waals surface area (Å²) in [5.41, 5.74) is 0.975. The number of nitrogens with one attached hydrogen (secondary N) is 2. The fourth-order valence-electron chi connectivity index (χ4n) is 3.87. The Labute approximate surface area is 263 Å². The highest BCUT2D eigenvalue weighted by Gasteiger charge is 2.32. The molecule has 1 unspecified atom stereocenters. The smallest absolute Gasteiger partial charge is 0.338 e. The van der Waals surface area contributed by atoms with Gasteiger partial charge in [0, 0.05) is 0 Å². The molecule has 1 atom stereocenters. The van der Waals surface area contributed by atoms with E-state index in [9.17, 15) is 22.8 Å². The number of alkyl halides is 2. The number of nitrogens with zero attached hydrogens (tertiary/aromatic N) is 3. The van der Waals surface area contributed by atoms with Gasteiger partial charge in [-0.05, 0) is 30.7 Å². The molecule has 1 aliphatic rings. The van der Waals surface area contributed by atoms with Crippen molar-refractivity contribution in [1.82, 2.24) is 14.7 Å². The van der Waals surface area contributed by atoms with Crippen LogP contribution in [0.3, 0.4) is 0 Å². The van der Waals surface area contributed by atoms with Crippen LogP contribution in [-0.2, 0) is 25.3 Å². The summed E-state index contributed by atoms with van der Waals surface area (Å²) in [6.45, 7) is 2.34. The summed E-state index contributed by atoms with van der Waals surface area (Å²) in [6.07, 6.45) is 0. The number of amides is 3. The maximum Gasteiger partial charge on any atom is 0.338 e. The second-order valence-corrected chi connectivity index (χ2v) is 11.7. The lowest BCUT2D eigenvalue weighted by atomic mass is 10.1. The number of hydrogen-bond donors (Lipinski definition) is 2. The van der Waals surface area contributed by atoms with Crippen LogP contribution in [0.25, 0.3) is 0 Å². The van der Waals surface area contributed by atoms with E-state index in [4.69, 9.17) is 37.4 Å². The summed E-state index contributed by atoms with van der Waals surface area (Å²) in [6, 6.07) is 13.6. The third kappa shape index (κ3) is 9.08. The number of aromatic nitrogens is 2. The van der Waals surface area contributed by atoms with Gasteiger partial charge in [-0.15, -0.1) is 0 Å². The number of esters is 1. The molecule has 3 aromatic rings. The number of methoxy groups -OCH3 is 3. The molecule has 236 valence electrons. The van der Waals surface area contributed by atoms with Crippen LogP contribution >= 0.6 is 23.2 Å². The minimum atomic E-state index is -4.14. The SMILES string of the molecule is CC1COc2ccccc2N1C(=O)C(Cl)Cl.COC(=O)c1ccccc1CS(=O)(=O)NC(=O)Nc1nc(OC)cc(OC)n1. The van der Waals surface area contributed by atoms with Crippen molar-refractivity contribution in [3.8, 4) is 17.5 Å². The van der Waals surface area contributed by atoms with Crippen molar-refractivity contribution in [3.63, 3.8) is 0 Å². The number of rotatable bonds is 8. The van der Waals surface area contributed by atoms with Crippen molar-refractivity contribution in [2.45, 2.75) is 23.6 Å². The van der Waals surface area contributed by atoms with Gasteiger partial charge < -0.3 is 23.8 Å². The van der Waals surface area contributed by atoms with Crippen molar-refractivity contribution in [2.24, 2.45) is 0 Å². The number of hydrogen-bond acceptors (Lipinski definition) is 11. The first-order chi connectivity index (χ1) is 20.9. The van der Waals surface area contributed by atoms with E-state index < -0.39 is 32.6 Å². The third-order valence-corrected chi connectivity index (χ3v) is 7.37. The normalized spacial score (nSPS) is 13.8. The number of ether oxygens (including phenoxy) is 4. The van der Waals surface area contributed by atoms with Gasteiger partial charge in [-0.3, -0.25) is 10.1 Å². The van der Waals surface area contributed by atoms with Crippen LogP contribution in [0.5, 0.6) is 17.5 Å². The fraction of sp³-hybridized carbons (Fsp3) is 0.296. The van der Waals surface area contributed by atoms with Gasteiger partial charge >= 0.3 is 12.0 Å². The summed E-state index contributed by atoms with van der Waals surface area (Å²) in [5, 5.41) is 2.18. The van der Waals surface area contributed by atoms with Crippen LogP contribution in [0.4, 0.5) is 16.4 Å². The molecule has 0 radical (unpaired) electrons. The Morgan fingerprint density at radius 2 is 1.64 bits per heavy atom. The maximum absolute atomic E-state index is 12.3. The van der Waals surface area contributed by atoms with Crippen molar-refractivity contribution in [3.05, 3.63) is 65.7 Å². The molecular weight excluding hydrogens is 641 g/mol. The number of para-hydroxylation sites is 2. The van der Waals surface area contributed by atoms with Gasteiger partial charge in [0.05, 0.1) is 50.4 Å². The Balaban J connectivity index is 0.000000278. The fourth-order valence-corrected chi connectivity index (χ4v) is 5.15. The highest BCUT2D eigenvalue weighted by molar-refractivity contribution is 7.89. The summed E-state index contributed by atoms with van der Waals surface area (Å²) < 4.78 is 46.4. The maximum atomic E-state index is 12.3. The molecule has 14 nitrogen and oxygen atoms in total. The molecule has 0 spiro atoms. The summed E-state index contributed by atoms with van der Waals surface area (Å²) in [7, 11) is -0.243. The number of benzene rings is 2. The van der Waals surface area contributed by atoms with E-state index >= 15 is 0 Å². The van der Waals surface area contributed by atoms with Crippen LogP contribution in [-0.4, -0.2) is 75.1 Å². The van der Waals surface area contributed by atoms with Crippen LogP contribution < -0.4 is 29.1 Å². The minimum Gasteiger partial charge on any atom is -0.489 e. The van der Waals surface area contributed by atoms with Crippen molar-refractivity contribution < 1.29 is 41.7 Å². The highest BCUT2D eigenvalue weighted by Crippen LogP contribution is 2.34. The molecule has 0 saturated heterocycles. The van der Waals surface area contributed by atoms with E-state index in [1.54, 1.807) is 17.0 Å². The zero-order valence-corrected chi connectivity index (χ0v) is 26.3. The number of anilines is 2. The average Bonchev–Trinajstić information content (AvgIpc) is 3.00. The lowest BCUT2D eigenvalue weighted by Crippen LogP contribution is -2.47. The van der Waals surface area contributed by atoms with Crippen molar-refractivity contribution in [2.75, 3.05) is 38.2 Å². The molecule has 0 aliphatic carbocycles. The molecule has 0 fully saturated rings. The van der Waals surface area contributed by atoms with E-state index in [1.807, 2.05) is 35.9 Å². The quantitative estimate of drug-likeness (QED) is 0.265. The van der Waals surface area contributed by atoms with Gasteiger partial charge in [-0.2, -0.15) is 9.97 Å². The average molecular weight is 671 g/mol. The van der Waals surface area contributed by atoms with E-state index in [0.29, 0.717) is 12.4 Å². The largest absolute Gasteiger partial charge is 0.489 e. The Kier molecular flexibility index (Phi) is 12.0. The van der Waals surface area contributed by atoms with Crippen molar-refractivity contribution >= 4 is 62.8 Å². The number of sulfonamides is 1. The number of halogens is 2. The molecule has 0 saturated carbocycles. The molecule has 2 aromatic carbocycles. The number of fused-ring (bicyclic) bond motifs is 1. The van der Waals surface area contributed by atoms with Gasteiger partial charge in [0.15, 0.2) is 4.84 Å². The Bertz CT molecular complexity index is 1590. The molecule has 1 aliphatic heterocycles. The highest BCUT2D eigenvalue weighted by atomic mass is 35.5. The minimum absolute atomic E-state index is 0.0672. The second-order valence-electron chi connectivity index (χ2n) is 8.88. The number of urea groups is 1. The summed E-state index contributed by atoms with van der Waals surface area (Å²) in [5.74, 6) is -0.942. The van der Waals surface area contributed by atoms with Crippen LogP contribution in [0.15, 0.2) is 54.6 Å². The Morgan fingerprint density at radius 1 is 1.02 bits per heavy atom. The number of carbonyl (C=O) groups excluding carboxylic acids is 3. The standard InChI is InChI=1S/C16H18N4O7S.C11H11Cl2NO2/c1-25-12-8-13(26-2)18-15(17-12)19-16(22)20-28(23,24)9-10-6-4-5-7-11(10)14(21)27-3;1-7-6-16-9-5-3-2-4-8(9)14(7)11(15)10(12)13/h4-8H,9H2,1-3H3,(H2,17,18,19,20,22);2-5,7,10H,6H2,1H3. The Morgan fingerprint density at radius 3 is 2.25 bits per heavy atom. The van der Waals surface area contributed by atoms with Gasteiger partial charge in [0.2, 0.25) is 27.7 Å². The predicted molar refractivity (Wildman–Crippen MR) is 162 cm³/mol. The first kappa shape index (κ1) is 34.2. The molecule has 2 heterocycles. The second kappa shape index (κ2) is 15.4. The molecule has 3 amide bonds. The lowest BCUT2D eigenvalue weighted by Gasteiger charge is -2.35. The Hall–Kier alpha value is -4.34. The number of carbonyl (C=O) groups is 3. The molecule has 0 bridgehead atoms. The van der Waals surface area contributed by atoms with E-state index in [1.165, 1.54) is 39.5 Å². The molecule has 1 aromatic heterocycles. The predicted octanol–water partition coefficient (Wildman–Crippen LogP) is 3.54. The van der Waals surface area contributed by atoms with E-state index in [-0.39, 0.29) is 40.8 Å². The molecule has 4 rings (SSSR count). The van der Waals surface area contributed by atoms with Gasteiger partial charge in [0.25, 0.3) is 5.91 Å². The topological polar surface area (TPSA) is 175 Å². The monoisotopic (exact) mass is 669 g/mol. The first-order valence-corrected chi connectivity index (χ1v) is 15.2. The third-order valence-electron chi connectivity index (χ3n) is 5.81. The lowest BCUT2D eigenvalue weighted by molar-refractivity contribution is -0.117. The summed E-state index contributed by atoms with van der Waals surface area (Å²) >= 11 is 11.3. The molecule has 44 heavy (non-hydrogen) atoms. The van der Waals surface area contributed by atoms with Gasteiger partial charge in [-0.1, -0.05) is 53.5 Å². The van der Waals surface area contributed by atoms with Crippen LogP contribution in [0, 0.1) is 0 Å². The zero-order chi connectivity index (χ0) is 32.4. The molecule has 17 heteroatoms. The first-order valence-electron chi connectivity index (χ1n) is 12.7. The van der Waals surface area contributed by atoms with Gasteiger partial charge in [0.1, 0.15) is 12.4 Å². The van der Waals surface area contributed by atoms with E-state index in [0.717, 1.165) is 5.69 Å². The zero-order valence-electron chi connectivity index (χ0n) is 23.9. The van der Waals surface area contributed by atoms with Crippen molar-refractivity contribution in [1.29, 1.82) is 0 Å². The van der Waals surface area contributed by atoms with Crippen LogP contribution in [0.2, 0.25) is 0 Å². The molecular formula is C27H29Cl2N5O9S. The van der Waals surface area contributed by atoms with Crippen LogP contribution in [0.1, 0.15) is 22.8 Å². The molecule has 2 N–H and O–H groups in total. The van der Waals surface area contributed by atoms with E-state index in [2.05, 4.69) is 20.0 Å².